The highest BCUT2D eigenvalue weighted by atomic mass is 16.5. The van der Waals surface area contributed by atoms with Gasteiger partial charge in [0.2, 0.25) is 17.5 Å². The van der Waals surface area contributed by atoms with Gasteiger partial charge in [-0.15, -0.1) is 0 Å². The maximum Gasteiger partial charge on any atom is 0.252 e. The second-order valence-electron chi connectivity index (χ2n) is 6.29. The summed E-state index contributed by atoms with van der Waals surface area (Å²) in [6, 6.07) is 9.89. The van der Waals surface area contributed by atoms with Gasteiger partial charge in [0.15, 0.2) is 11.5 Å². The fourth-order valence-corrected chi connectivity index (χ4v) is 2.82. The minimum absolute atomic E-state index is 0.279. The summed E-state index contributed by atoms with van der Waals surface area (Å²) >= 11 is 0. The molecule has 3 aromatic rings. The molecule has 0 unspecified atom stereocenters. The lowest BCUT2D eigenvalue weighted by molar-refractivity contribution is 0.0931. The molecule has 0 aliphatic carbocycles. The van der Waals surface area contributed by atoms with Crippen LogP contribution in [-0.4, -0.2) is 44.5 Å². The molecule has 0 aliphatic heterocycles. The van der Waals surface area contributed by atoms with Crippen LogP contribution >= 0.6 is 0 Å². The fourth-order valence-electron chi connectivity index (χ4n) is 2.82. The number of benzene rings is 2. The monoisotopic (exact) mass is 413 g/mol. The van der Waals surface area contributed by atoms with Gasteiger partial charge in [0.05, 0.1) is 28.4 Å². The number of nitrogens with zero attached hydrogens (tertiary/aromatic N) is 2. The third-order valence-corrected chi connectivity index (χ3v) is 4.43. The number of amides is 1. The molecule has 9 nitrogen and oxygen atoms in total. The van der Waals surface area contributed by atoms with Crippen LogP contribution in [0.15, 0.2) is 40.9 Å². The Balaban J connectivity index is 1.77. The van der Waals surface area contributed by atoms with Crippen LogP contribution in [0.4, 0.5) is 0 Å². The molecule has 1 amide bonds. The first-order valence-corrected chi connectivity index (χ1v) is 9.09. The van der Waals surface area contributed by atoms with E-state index < -0.39 is 6.04 Å². The van der Waals surface area contributed by atoms with Crippen molar-refractivity contribution in [3.05, 3.63) is 47.9 Å². The number of carbonyl (C=O) groups excluding carboxylic acids is 1. The van der Waals surface area contributed by atoms with Crippen LogP contribution in [0.3, 0.4) is 0 Å². The minimum Gasteiger partial charge on any atom is -0.497 e. The summed E-state index contributed by atoms with van der Waals surface area (Å²) in [5, 5.41) is 6.81. The van der Waals surface area contributed by atoms with Gasteiger partial charge in [-0.05, 0) is 43.3 Å². The van der Waals surface area contributed by atoms with E-state index in [9.17, 15) is 4.79 Å². The van der Waals surface area contributed by atoms with Gasteiger partial charge in [0, 0.05) is 11.1 Å². The molecule has 0 saturated heterocycles. The third-order valence-electron chi connectivity index (χ3n) is 4.43. The second-order valence-corrected chi connectivity index (χ2v) is 6.29. The molecular weight excluding hydrogens is 390 g/mol. The largest absolute Gasteiger partial charge is 0.497 e. The molecule has 0 spiro atoms. The fraction of sp³-hybridized carbons (Fsp3) is 0.286. The second kappa shape index (κ2) is 9.17. The topological polar surface area (TPSA) is 105 Å². The van der Waals surface area contributed by atoms with Crippen LogP contribution in [0.2, 0.25) is 0 Å². The molecule has 0 radical (unpaired) electrons. The summed E-state index contributed by atoms with van der Waals surface area (Å²) in [5.74, 6) is 2.25. The smallest absolute Gasteiger partial charge is 0.252 e. The Morgan fingerprint density at radius 3 is 2.13 bits per heavy atom. The number of ether oxygens (including phenoxy) is 4. The highest BCUT2D eigenvalue weighted by Gasteiger charge is 2.21. The van der Waals surface area contributed by atoms with Crippen molar-refractivity contribution in [1.29, 1.82) is 0 Å². The number of hydrogen-bond acceptors (Lipinski definition) is 8. The average molecular weight is 413 g/mol. The number of rotatable bonds is 8. The van der Waals surface area contributed by atoms with Gasteiger partial charge in [-0.3, -0.25) is 4.79 Å². The minimum atomic E-state index is -0.518. The summed E-state index contributed by atoms with van der Waals surface area (Å²) in [7, 11) is 6.07. The van der Waals surface area contributed by atoms with Crippen molar-refractivity contribution in [2.24, 2.45) is 0 Å². The van der Waals surface area contributed by atoms with Crippen LogP contribution < -0.4 is 24.3 Å². The molecule has 0 saturated carbocycles. The van der Waals surface area contributed by atoms with Crippen LogP contribution in [-0.2, 0) is 0 Å². The standard InChI is InChI=1S/C21H23N3O6/c1-12(21-23-19(24-30-21)13-6-8-15(26-2)9-7-13)22-20(25)14-10-16(27-3)18(29-5)17(11-14)28-4/h6-12H,1-5H3,(H,22,25)/t12-/m0/s1. The zero-order valence-corrected chi connectivity index (χ0v) is 17.4. The molecule has 3 rings (SSSR count). The molecule has 1 heterocycles. The predicted octanol–water partition coefficient (Wildman–Crippen LogP) is 3.26. The van der Waals surface area contributed by atoms with E-state index in [1.54, 1.807) is 38.3 Å². The van der Waals surface area contributed by atoms with Crippen molar-refractivity contribution < 1.29 is 28.3 Å². The van der Waals surface area contributed by atoms with Gasteiger partial charge in [-0.25, -0.2) is 0 Å². The van der Waals surface area contributed by atoms with Gasteiger partial charge in [-0.2, -0.15) is 4.98 Å². The van der Waals surface area contributed by atoms with Crippen LogP contribution in [0.25, 0.3) is 11.4 Å². The lowest BCUT2D eigenvalue weighted by Crippen LogP contribution is -2.27. The van der Waals surface area contributed by atoms with Crippen LogP contribution in [0.5, 0.6) is 23.0 Å². The molecule has 0 bridgehead atoms. The summed E-state index contributed by atoms with van der Waals surface area (Å²) in [6.07, 6.45) is 0. The van der Waals surface area contributed by atoms with E-state index in [4.69, 9.17) is 23.5 Å². The highest BCUT2D eigenvalue weighted by Crippen LogP contribution is 2.38. The van der Waals surface area contributed by atoms with Crippen molar-refractivity contribution >= 4 is 5.91 Å². The molecule has 1 atom stereocenters. The zero-order chi connectivity index (χ0) is 21.7. The number of methoxy groups -OCH3 is 4. The van der Waals surface area contributed by atoms with Crippen molar-refractivity contribution in [2.45, 2.75) is 13.0 Å². The Hall–Kier alpha value is -3.75. The summed E-state index contributed by atoms with van der Waals surface area (Å²) in [5.41, 5.74) is 1.11. The first-order chi connectivity index (χ1) is 14.5. The summed E-state index contributed by atoms with van der Waals surface area (Å²) in [6.45, 7) is 1.75. The molecule has 1 aromatic heterocycles. The molecule has 30 heavy (non-hydrogen) atoms. The number of hydrogen-bond donors (Lipinski definition) is 1. The van der Waals surface area contributed by atoms with E-state index in [1.807, 2.05) is 12.1 Å². The first-order valence-electron chi connectivity index (χ1n) is 9.09. The lowest BCUT2D eigenvalue weighted by Gasteiger charge is -2.15. The Bertz CT molecular complexity index is 991. The molecular formula is C21H23N3O6. The normalized spacial score (nSPS) is 11.5. The molecule has 9 heteroatoms. The number of carbonyl (C=O) groups is 1. The quantitative estimate of drug-likeness (QED) is 0.600. The van der Waals surface area contributed by atoms with Crippen LogP contribution in [0.1, 0.15) is 29.2 Å². The Kier molecular flexibility index (Phi) is 6.41. The summed E-state index contributed by atoms with van der Waals surface area (Å²) in [4.78, 5) is 17.1. The van der Waals surface area contributed by atoms with E-state index >= 15 is 0 Å². The molecule has 0 aliphatic rings. The molecule has 158 valence electrons. The van der Waals surface area contributed by atoms with E-state index in [0.29, 0.717) is 28.6 Å². The van der Waals surface area contributed by atoms with Crippen LogP contribution in [0, 0.1) is 0 Å². The number of nitrogens with one attached hydrogen (secondary N) is 1. The van der Waals surface area contributed by atoms with E-state index in [2.05, 4.69) is 15.5 Å². The summed E-state index contributed by atoms with van der Waals surface area (Å²) < 4.78 is 26.3. The highest BCUT2D eigenvalue weighted by molar-refractivity contribution is 5.95. The molecule has 1 N–H and O–H groups in total. The SMILES string of the molecule is COc1ccc(-c2noc([C@H](C)NC(=O)c3cc(OC)c(OC)c(OC)c3)n2)cc1. The Morgan fingerprint density at radius 1 is 0.967 bits per heavy atom. The van der Waals surface area contributed by atoms with E-state index in [0.717, 1.165) is 11.3 Å². The zero-order valence-electron chi connectivity index (χ0n) is 17.4. The van der Waals surface area contributed by atoms with E-state index in [1.165, 1.54) is 21.3 Å². The van der Waals surface area contributed by atoms with Crippen molar-refractivity contribution in [2.75, 3.05) is 28.4 Å². The van der Waals surface area contributed by atoms with Gasteiger partial charge >= 0.3 is 0 Å². The van der Waals surface area contributed by atoms with Crippen molar-refractivity contribution in [1.82, 2.24) is 15.5 Å². The maximum atomic E-state index is 12.7. The third kappa shape index (κ3) is 4.29. The average Bonchev–Trinajstić information content (AvgIpc) is 3.28. The lowest BCUT2D eigenvalue weighted by atomic mass is 10.1. The molecule has 2 aromatic carbocycles. The first kappa shape index (κ1) is 21.0. The predicted molar refractivity (Wildman–Crippen MR) is 108 cm³/mol. The van der Waals surface area contributed by atoms with Crippen molar-refractivity contribution in [3.63, 3.8) is 0 Å². The van der Waals surface area contributed by atoms with Gasteiger partial charge < -0.3 is 28.8 Å². The van der Waals surface area contributed by atoms with Crippen molar-refractivity contribution in [3.8, 4) is 34.4 Å². The maximum absolute atomic E-state index is 12.7. The van der Waals surface area contributed by atoms with Gasteiger partial charge in [0.25, 0.3) is 5.91 Å². The van der Waals surface area contributed by atoms with E-state index in [-0.39, 0.29) is 11.8 Å². The number of aromatic nitrogens is 2. The Morgan fingerprint density at radius 2 is 1.60 bits per heavy atom. The van der Waals surface area contributed by atoms with Gasteiger partial charge in [-0.1, -0.05) is 5.16 Å². The molecule has 0 fully saturated rings. The Labute approximate surface area is 173 Å². The van der Waals surface area contributed by atoms with Gasteiger partial charge in [0.1, 0.15) is 11.8 Å².